The molecular weight excluding hydrogens is 475 g/mol. The maximum atomic E-state index is 14.0. The van der Waals surface area contributed by atoms with Gasteiger partial charge < -0.3 is 21.1 Å². The molecule has 9 nitrogen and oxygen atoms in total. The SMILES string of the molecule is COCc1ccnc(-c2cnc(-c3ncccc3N3CCC(C)(N)CC3)c(C(N)=O)n2)c1C(F)(F)F. The van der Waals surface area contributed by atoms with Crippen LogP contribution in [0.25, 0.3) is 22.8 Å². The number of aromatic nitrogens is 4. The van der Waals surface area contributed by atoms with E-state index in [1.165, 1.54) is 25.6 Å². The number of carbonyl (C=O) groups excluding carboxylic acids is 1. The van der Waals surface area contributed by atoms with Gasteiger partial charge in [-0.2, -0.15) is 13.2 Å². The third kappa shape index (κ3) is 5.14. The number of carbonyl (C=O) groups is 1. The lowest BCUT2D eigenvalue weighted by atomic mass is 9.90. The molecule has 190 valence electrons. The van der Waals surface area contributed by atoms with Crippen molar-refractivity contribution in [3.05, 3.63) is 53.6 Å². The van der Waals surface area contributed by atoms with E-state index >= 15 is 0 Å². The van der Waals surface area contributed by atoms with Crippen LogP contribution in [0.1, 0.15) is 41.4 Å². The van der Waals surface area contributed by atoms with Crippen LogP contribution < -0.4 is 16.4 Å². The zero-order chi connectivity index (χ0) is 26.1. The molecule has 0 aliphatic carbocycles. The van der Waals surface area contributed by atoms with E-state index < -0.39 is 23.3 Å². The summed E-state index contributed by atoms with van der Waals surface area (Å²) in [6.07, 6.45) is 0.646. The largest absolute Gasteiger partial charge is 0.418 e. The second-order valence-electron chi connectivity index (χ2n) is 8.95. The lowest BCUT2D eigenvalue weighted by Gasteiger charge is -2.38. The Balaban J connectivity index is 1.83. The van der Waals surface area contributed by atoms with Crippen LogP contribution in [-0.2, 0) is 17.5 Å². The molecule has 3 aromatic heterocycles. The van der Waals surface area contributed by atoms with E-state index in [-0.39, 0.29) is 34.8 Å². The standard InChI is InChI=1S/C24H26F3N7O2/c1-23(29)6-10-34(11-7-23)16-4-3-8-30-19(16)20-21(22(28)35)33-15(12-32-20)18-17(24(25,26)27)14(13-36-2)5-9-31-18/h3-5,8-9,12H,6-7,10-11,13,29H2,1-2H3,(H2,28,35). The third-order valence-corrected chi connectivity index (χ3v) is 6.13. The number of primary amides is 1. The number of anilines is 1. The maximum absolute atomic E-state index is 14.0. The summed E-state index contributed by atoms with van der Waals surface area (Å²) >= 11 is 0. The predicted octanol–water partition coefficient (Wildman–Crippen LogP) is 3.18. The molecule has 4 heterocycles. The van der Waals surface area contributed by atoms with E-state index in [1.54, 1.807) is 6.07 Å². The predicted molar refractivity (Wildman–Crippen MR) is 127 cm³/mol. The van der Waals surface area contributed by atoms with Gasteiger partial charge in [-0.3, -0.25) is 14.8 Å². The van der Waals surface area contributed by atoms with Crippen LogP contribution >= 0.6 is 0 Å². The minimum atomic E-state index is -4.75. The Bertz CT molecular complexity index is 1270. The molecular formula is C24H26F3N7O2. The summed E-state index contributed by atoms with van der Waals surface area (Å²) in [6.45, 7) is 3.03. The Morgan fingerprint density at radius 2 is 1.81 bits per heavy atom. The quantitative estimate of drug-likeness (QED) is 0.526. The van der Waals surface area contributed by atoms with Crippen molar-refractivity contribution in [2.75, 3.05) is 25.1 Å². The van der Waals surface area contributed by atoms with E-state index in [4.69, 9.17) is 16.2 Å². The van der Waals surface area contributed by atoms with Crippen molar-refractivity contribution in [1.29, 1.82) is 0 Å². The molecule has 1 aliphatic rings. The highest BCUT2D eigenvalue weighted by Crippen LogP contribution is 2.39. The first-order valence-electron chi connectivity index (χ1n) is 11.2. The molecule has 0 unspecified atom stereocenters. The first kappa shape index (κ1) is 25.5. The highest BCUT2D eigenvalue weighted by Gasteiger charge is 2.38. The zero-order valence-electron chi connectivity index (χ0n) is 19.8. The molecule has 12 heteroatoms. The Kier molecular flexibility index (Phi) is 6.92. The summed E-state index contributed by atoms with van der Waals surface area (Å²) in [6, 6.07) is 4.80. The number of ether oxygens (including phenoxy) is 1. The normalized spacial score (nSPS) is 15.7. The average molecular weight is 502 g/mol. The molecule has 4 N–H and O–H groups in total. The molecule has 1 saturated heterocycles. The molecule has 1 aliphatic heterocycles. The van der Waals surface area contributed by atoms with Gasteiger partial charge in [0.2, 0.25) is 0 Å². The number of halogens is 3. The van der Waals surface area contributed by atoms with Crippen molar-refractivity contribution in [3.8, 4) is 22.8 Å². The Morgan fingerprint density at radius 3 is 2.44 bits per heavy atom. The van der Waals surface area contributed by atoms with Crippen molar-refractivity contribution in [2.45, 2.75) is 38.1 Å². The van der Waals surface area contributed by atoms with Gasteiger partial charge in [-0.25, -0.2) is 9.97 Å². The molecule has 1 amide bonds. The second kappa shape index (κ2) is 9.78. The highest BCUT2D eigenvalue weighted by atomic mass is 19.4. The van der Waals surface area contributed by atoms with Gasteiger partial charge in [0.15, 0.2) is 5.69 Å². The first-order chi connectivity index (χ1) is 17.0. The zero-order valence-corrected chi connectivity index (χ0v) is 19.8. The van der Waals surface area contributed by atoms with Crippen LogP contribution in [0.5, 0.6) is 0 Å². The molecule has 0 spiro atoms. The summed E-state index contributed by atoms with van der Waals surface area (Å²) in [5.41, 5.74) is 10.6. The number of methoxy groups -OCH3 is 1. The Hall–Kier alpha value is -3.64. The fraction of sp³-hybridized carbons (Fsp3) is 0.375. The molecule has 0 aromatic carbocycles. The molecule has 0 atom stereocenters. The molecule has 3 aromatic rings. The summed E-state index contributed by atoms with van der Waals surface area (Å²) in [5, 5.41) is 0. The number of pyridine rings is 2. The smallest absolute Gasteiger partial charge is 0.380 e. The fourth-order valence-electron chi connectivity index (χ4n) is 4.23. The summed E-state index contributed by atoms with van der Waals surface area (Å²) in [4.78, 5) is 31.3. The van der Waals surface area contributed by atoms with Crippen LogP contribution in [0.3, 0.4) is 0 Å². The van der Waals surface area contributed by atoms with E-state index in [0.717, 1.165) is 19.0 Å². The van der Waals surface area contributed by atoms with Crippen LogP contribution in [0.15, 0.2) is 36.8 Å². The van der Waals surface area contributed by atoms with E-state index in [1.807, 2.05) is 13.0 Å². The minimum absolute atomic E-state index is 0.0736. The topological polar surface area (TPSA) is 133 Å². The molecule has 0 saturated carbocycles. The van der Waals surface area contributed by atoms with Gasteiger partial charge in [0.25, 0.3) is 5.91 Å². The van der Waals surface area contributed by atoms with Gasteiger partial charge in [-0.05, 0) is 43.5 Å². The van der Waals surface area contributed by atoms with Crippen LogP contribution in [0.2, 0.25) is 0 Å². The van der Waals surface area contributed by atoms with Crippen molar-refractivity contribution in [1.82, 2.24) is 19.9 Å². The van der Waals surface area contributed by atoms with E-state index in [9.17, 15) is 18.0 Å². The fourth-order valence-corrected chi connectivity index (χ4v) is 4.23. The van der Waals surface area contributed by atoms with Gasteiger partial charge in [-0.1, -0.05) is 0 Å². The van der Waals surface area contributed by atoms with Gasteiger partial charge in [-0.15, -0.1) is 0 Å². The first-order valence-corrected chi connectivity index (χ1v) is 11.2. The molecule has 0 bridgehead atoms. The molecule has 0 radical (unpaired) electrons. The number of hydrogen-bond acceptors (Lipinski definition) is 8. The van der Waals surface area contributed by atoms with Crippen molar-refractivity contribution < 1.29 is 22.7 Å². The van der Waals surface area contributed by atoms with Gasteiger partial charge in [0, 0.05) is 38.1 Å². The molecule has 36 heavy (non-hydrogen) atoms. The number of nitrogens with zero attached hydrogens (tertiary/aromatic N) is 5. The van der Waals surface area contributed by atoms with Crippen LogP contribution in [0, 0.1) is 0 Å². The number of rotatable bonds is 6. The second-order valence-corrected chi connectivity index (χ2v) is 8.95. The third-order valence-electron chi connectivity index (χ3n) is 6.13. The lowest BCUT2D eigenvalue weighted by Crippen LogP contribution is -2.48. The number of piperidine rings is 1. The monoisotopic (exact) mass is 501 g/mol. The number of hydrogen-bond donors (Lipinski definition) is 2. The van der Waals surface area contributed by atoms with Gasteiger partial charge in [0.05, 0.1) is 24.1 Å². The Morgan fingerprint density at radius 1 is 1.11 bits per heavy atom. The number of nitrogens with two attached hydrogens (primary N) is 2. The molecule has 4 rings (SSSR count). The van der Waals surface area contributed by atoms with E-state index in [0.29, 0.717) is 24.5 Å². The van der Waals surface area contributed by atoms with Crippen molar-refractivity contribution in [2.24, 2.45) is 11.5 Å². The number of alkyl halides is 3. The average Bonchev–Trinajstić information content (AvgIpc) is 2.83. The van der Waals surface area contributed by atoms with Crippen molar-refractivity contribution >= 4 is 11.6 Å². The lowest BCUT2D eigenvalue weighted by molar-refractivity contribution is -0.138. The van der Waals surface area contributed by atoms with E-state index in [2.05, 4.69) is 24.8 Å². The van der Waals surface area contributed by atoms with Crippen molar-refractivity contribution in [3.63, 3.8) is 0 Å². The van der Waals surface area contributed by atoms with Crippen LogP contribution in [0.4, 0.5) is 18.9 Å². The van der Waals surface area contributed by atoms with Crippen LogP contribution in [-0.4, -0.2) is 51.6 Å². The van der Waals surface area contributed by atoms with Gasteiger partial charge in [0.1, 0.15) is 22.8 Å². The number of amides is 1. The molecule has 1 fully saturated rings. The highest BCUT2D eigenvalue weighted by molar-refractivity contribution is 5.98. The summed E-state index contributed by atoms with van der Waals surface area (Å²) < 4.78 is 46.8. The van der Waals surface area contributed by atoms with Gasteiger partial charge >= 0.3 is 6.18 Å². The minimum Gasteiger partial charge on any atom is -0.380 e. The Labute approximate surface area is 205 Å². The maximum Gasteiger partial charge on any atom is 0.418 e. The summed E-state index contributed by atoms with van der Waals surface area (Å²) in [7, 11) is 1.29. The summed E-state index contributed by atoms with van der Waals surface area (Å²) in [5.74, 6) is -0.953.